The number of piperazine rings is 1. The number of alkyl halides is 1. The molecule has 3 aromatic heterocycles. The number of hydrogen-bond donors (Lipinski definition) is 3. The first-order chi connectivity index (χ1) is 35.5. The standard InChI is InChI=1S/C55H71FN8O9S/c1-35-48(74-34-59-35)36-11-12-37(29-58-50(66)44-27-39(65)32-64(44)52(68)49(54(2,3)4)60-53(69)55(56)14-15-55)46(25-36)73-24-23-72-22-10-8-9-17-62-18-20-63(21-19-62)31-38-26-47(71-7)41(28-45(38)70-6)43-33-61(5)51(67)42-30-57-16-13-40(42)43/h11-13,16,25-26,28,30,33-34,39,44,49,65H,8-10,14-15,17-24,27,29,31-32H2,1-7H3,(H,58,66)(H,60,69)/t39-,44+,49-/m1/s1. The van der Waals surface area contributed by atoms with Gasteiger partial charge in [-0.2, -0.15) is 0 Å². The number of carbonyl (C=O) groups is 3. The number of β-amino-alcohol motifs (C(OH)–C–C–N with tert-alkyl or cyclic N) is 1. The van der Waals surface area contributed by atoms with Crippen LogP contribution in [0.5, 0.6) is 17.2 Å². The molecule has 17 nitrogen and oxygen atoms in total. The van der Waals surface area contributed by atoms with Crippen molar-refractivity contribution in [1.29, 1.82) is 0 Å². The fourth-order valence-corrected chi connectivity index (χ4v) is 10.6. The summed E-state index contributed by atoms with van der Waals surface area (Å²) >= 11 is 1.53. The number of carbonyl (C=O) groups excluding carboxylic acids is 3. The lowest BCUT2D eigenvalue weighted by atomic mass is 9.85. The Balaban J connectivity index is 0.777. The number of aryl methyl sites for hydroxylation is 2. The van der Waals surface area contributed by atoms with Crippen LogP contribution < -0.4 is 30.4 Å². The Morgan fingerprint density at radius 3 is 2.38 bits per heavy atom. The van der Waals surface area contributed by atoms with Crippen molar-refractivity contribution >= 4 is 39.8 Å². The summed E-state index contributed by atoms with van der Waals surface area (Å²) in [6, 6.07) is 9.64. The number of thiazole rings is 1. The number of halogens is 1. The van der Waals surface area contributed by atoms with Crippen LogP contribution in [-0.4, -0.2) is 149 Å². The van der Waals surface area contributed by atoms with Gasteiger partial charge < -0.3 is 49.1 Å². The lowest BCUT2D eigenvalue weighted by Crippen LogP contribution is -2.59. The van der Waals surface area contributed by atoms with Crippen molar-refractivity contribution in [3.63, 3.8) is 0 Å². The van der Waals surface area contributed by atoms with Crippen LogP contribution in [0.4, 0.5) is 4.39 Å². The van der Waals surface area contributed by atoms with Crippen molar-refractivity contribution in [3.05, 3.63) is 87.7 Å². The molecule has 8 rings (SSSR count). The summed E-state index contributed by atoms with van der Waals surface area (Å²) in [4.78, 5) is 69.2. The molecule has 0 bridgehead atoms. The van der Waals surface area contributed by atoms with E-state index in [0.29, 0.717) is 36.7 Å². The Labute approximate surface area is 436 Å². The third kappa shape index (κ3) is 12.7. The average Bonchev–Trinajstić information content (AvgIpc) is 3.80. The minimum absolute atomic E-state index is 0.0286. The molecule has 3 N–H and O–H groups in total. The average molecular weight is 1040 g/mol. The Morgan fingerprint density at radius 1 is 0.919 bits per heavy atom. The number of aliphatic hydroxyl groups is 1. The fourth-order valence-electron chi connectivity index (χ4n) is 9.83. The predicted octanol–water partition coefficient (Wildman–Crippen LogP) is 6.04. The van der Waals surface area contributed by atoms with Gasteiger partial charge in [-0.3, -0.25) is 29.1 Å². The van der Waals surface area contributed by atoms with Gasteiger partial charge >= 0.3 is 0 Å². The fraction of sp³-hybridized carbons (Fsp3) is 0.527. The second-order valence-electron chi connectivity index (χ2n) is 20.8. The van der Waals surface area contributed by atoms with E-state index < -0.39 is 47.0 Å². The van der Waals surface area contributed by atoms with Crippen LogP contribution in [0.1, 0.15) is 76.1 Å². The zero-order valence-corrected chi connectivity index (χ0v) is 44.5. The normalized spacial score (nSPS) is 18.3. The molecule has 5 aromatic rings. The lowest BCUT2D eigenvalue weighted by Gasteiger charge is -2.35. The van der Waals surface area contributed by atoms with Crippen LogP contribution in [0.3, 0.4) is 0 Å². The molecule has 74 heavy (non-hydrogen) atoms. The maximum absolute atomic E-state index is 14.7. The quantitative estimate of drug-likeness (QED) is 0.0681. The Hall–Kier alpha value is -5.99. The molecular weight excluding hydrogens is 968 g/mol. The molecule has 3 fully saturated rings. The molecule has 3 amide bonds. The zero-order valence-electron chi connectivity index (χ0n) is 43.7. The molecule has 3 atom stereocenters. The third-order valence-corrected chi connectivity index (χ3v) is 15.3. The van der Waals surface area contributed by atoms with Crippen LogP contribution in [-0.2, 0) is 39.3 Å². The van der Waals surface area contributed by atoms with E-state index >= 15 is 0 Å². The van der Waals surface area contributed by atoms with E-state index in [1.165, 1.54) is 16.2 Å². The number of fused-ring (bicyclic) bond motifs is 1. The first-order valence-electron chi connectivity index (χ1n) is 25.6. The van der Waals surface area contributed by atoms with Crippen LogP contribution in [0.25, 0.3) is 32.3 Å². The molecule has 0 spiro atoms. The number of methoxy groups -OCH3 is 2. The molecule has 0 unspecified atom stereocenters. The van der Waals surface area contributed by atoms with Crippen LogP contribution in [0.15, 0.2) is 65.3 Å². The molecule has 1 saturated carbocycles. The first kappa shape index (κ1) is 54.3. The highest BCUT2D eigenvalue weighted by atomic mass is 32.1. The van der Waals surface area contributed by atoms with Gasteiger partial charge in [0.05, 0.1) is 48.4 Å². The van der Waals surface area contributed by atoms with Gasteiger partial charge in [0.1, 0.15) is 35.9 Å². The highest BCUT2D eigenvalue weighted by Crippen LogP contribution is 2.41. The summed E-state index contributed by atoms with van der Waals surface area (Å²) < 4.78 is 40.4. The van der Waals surface area contributed by atoms with Gasteiger partial charge in [0.2, 0.25) is 11.8 Å². The number of benzene rings is 2. The molecule has 3 aliphatic rings. The molecule has 2 saturated heterocycles. The molecule has 2 aliphatic heterocycles. The molecular formula is C55H71FN8O9S. The monoisotopic (exact) mass is 1040 g/mol. The molecule has 19 heteroatoms. The van der Waals surface area contributed by atoms with Gasteiger partial charge in [-0.1, -0.05) is 32.9 Å². The van der Waals surface area contributed by atoms with E-state index in [2.05, 4.69) is 36.5 Å². The number of ether oxygens (including phenoxy) is 4. The molecule has 0 radical (unpaired) electrons. The summed E-state index contributed by atoms with van der Waals surface area (Å²) in [7, 11) is 5.09. The van der Waals surface area contributed by atoms with Crippen LogP contribution in [0.2, 0.25) is 0 Å². The Bertz CT molecular complexity index is 2860. The van der Waals surface area contributed by atoms with Crippen molar-refractivity contribution in [2.75, 3.05) is 73.3 Å². The largest absolute Gasteiger partial charge is 0.496 e. The number of pyridine rings is 2. The molecule has 5 heterocycles. The maximum atomic E-state index is 14.7. The van der Waals surface area contributed by atoms with Crippen molar-refractivity contribution in [1.82, 2.24) is 39.9 Å². The van der Waals surface area contributed by atoms with E-state index in [1.54, 1.807) is 64.5 Å². The van der Waals surface area contributed by atoms with Crippen molar-refractivity contribution < 1.29 is 42.8 Å². The van der Waals surface area contributed by atoms with Gasteiger partial charge in [-0.15, -0.1) is 11.3 Å². The van der Waals surface area contributed by atoms with Gasteiger partial charge in [0.25, 0.3) is 11.5 Å². The van der Waals surface area contributed by atoms with Gasteiger partial charge in [0.15, 0.2) is 5.67 Å². The van der Waals surface area contributed by atoms with E-state index in [-0.39, 0.29) is 37.9 Å². The lowest BCUT2D eigenvalue weighted by molar-refractivity contribution is -0.145. The van der Waals surface area contributed by atoms with Gasteiger partial charge in [0, 0.05) is 107 Å². The van der Waals surface area contributed by atoms with Gasteiger partial charge in [-0.25, -0.2) is 9.37 Å². The topological polar surface area (TPSA) is 190 Å². The van der Waals surface area contributed by atoms with Crippen molar-refractivity contribution in [2.24, 2.45) is 12.5 Å². The Kier molecular flexibility index (Phi) is 17.4. The molecule has 398 valence electrons. The van der Waals surface area contributed by atoms with E-state index in [9.17, 15) is 28.7 Å². The number of amides is 3. The van der Waals surface area contributed by atoms with Crippen LogP contribution >= 0.6 is 11.3 Å². The number of hydrogen-bond acceptors (Lipinski definition) is 14. The molecule has 1 aliphatic carbocycles. The Morgan fingerprint density at radius 2 is 1.68 bits per heavy atom. The minimum Gasteiger partial charge on any atom is -0.496 e. The summed E-state index contributed by atoms with van der Waals surface area (Å²) in [6.45, 7) is 14.1. The summed E-state index contributed by atoms with van der Waals surface area (Å²) in [6.07, 6.45) is 7.48. The van der Waals surface area contributed by atoms with Crippen LogP contribution in [0, 0.1) is 12.3 Å². The summed E-state index contributed by atoms with van der Waals surface area (Å²) in [5.41, 5.74) is 4.25. The highest BCUT2D eigenvalue weighted by molar-refractivity contribution is 7.13. The van der Waals surface area contributed by atoms with E-state index in [4.69, 9.17) is 18.9 Å². The summed E-state index contributed by atoms with van der Waals surface area (Å²) in [5.74, 6) is 0.244. The SMILES string of the molecule is COc1cc(-c2cn(C)c(=O)c3cnccc23)c(OC)cc1CN1CCN(CCCCCOCCOc2cc(-c3scnc3C)ccc2CNC(=O)[C@@H]2C[C@@H](O)CN2C(=O)[C@@H](NC(=O)C2(F)CC2)C(C)(C)C)CC1. The predicted molar refractivity (Wildman–Crippen MR) is 282 cm³/mol. The molecule has 2 aromatic carbocycles. The number of rotatable bonds is 22. The summed E-state index contributed by atoms with van der Waals surface area (Å²) in [5, 5.41) is 17.6. The number of aromatic nitrogens is 3. The number of nitrogens with one attached hydrogen (secondary N) is 2. The van der Waals surface area contributed by atoms with E-state index in [0.717, 1.165) is 108 Å². The third-order valence-electron chi connectivity index (χ3n) is 14.4. The number of unbranched alkanes of at least 4 members (excludes halogenated alkanes) is 2. The second kappa shape index (κ2) is 23.7. The number of nitrogens with zero attached hydrogens (tertiary/aromatic N) is 6. The smallest absolute Gasteiger partial charge is 0.259 e. The zero-order chi connectivity index (χ0) is 52.7. The second-order valence-corrected chi connectivity index (χ2v) is 21.7. The van der Waals surface area contributed by atoms with E-state index in [1.807, 2.05) is 43.5 Å². The number of aliphatic hydroxyl groups excluding tert-OH is 1. The van der Waals surface area contributed by atoms with Gasteiger partial charge in [-0.05, 0) is 86.2 Å². The highest BCUT2D eigenvalue weighted by Gasteiger charge is 2.53. The minimum atomic E-state index is -1.97. The van der Waals surface area contributed by atoms with Crippen molar-refractivity contribution in [3.8, 4) is 38.8 Å². The van der Waals surface area contributed by atoms with Crippen molar-refractivity contribution in [2.45, 2.75) is 103 Å². The number of likely N-dealkylation sites (tertiary alicyclic amines) is 1. The maximum Gasteiger partial charge on any atom is 0.259 e. The first-order valence-corrected chi connectivity index (χ1v) is 26.5.